The number of ether oxygens (including phenoxy) is 1. The Kier molecular flexibility index (Phi) is 6.18. The minimum atomic E-state index is 0.242. The van der Waals surface area contributed by atoms with E-state index in [0.717, 1.165) is 48.3 Å². The first kappa shape index (κ1) is 17.3. The zero-order valence-corrected chi connectivity index (χ0v) is 15.7. The summed E-state index contributed by atoms with van der Waals surface area (Å²) in [6.45, 7) is 2.35. The monoisotopic (exact) mass is 405 g/mol. The van der Waals surface area contributed by atoms with Crippen molar-refractivity contribution in [3.05, 3.63) is 58.8 Å². The lowest BCUT2D eigenvalue weighted by Crippen LogP contribution is -2.39. The smallest absolute Gasteiger partial charge is 0.173 e. The van der Waals surface area contributed by atoms with Gasteiger partial charge in [0.15, 0.2) is 5.11 Å². The van der Waals surface area contributed by atoms with Gasteiger partial charge in [-0.25, -0.2) is 0 Å². The number of rotatable bonds is 5. The molecule has 3 rings (SSSR count). The van der Waals surface area contributed by atoms with Crippen molar-refractivity contribution >= 4 is 38.9 Å². The highest BCUT2D eigenvalue weighted by atomic mass is 79.9. The summed E-state index contributed by atoms with van der Waals surface area (Å²) in [7, 11) is 0. The molecule has 0 radical (unpaired) electrons. The van der Waals surface area contributed by atoms with E-state index in [0.29, 0.717) is 5.11 Å². The number of hydrogen-bond acceptors (Lipinski definition) is 3. The molecule has 6 heteroatoms. The lowest BCUT2D eigenvalue weighted by Gasteiger charge is -2.28. The molecule has 126 valence electrons. The Hall–Kier alpha value is -1.50. The van der Waals surface area contributed by atoms with Gasteiger partial charge >= 0.3 is 0 Å². The van der Waals surface area contributed by atoms with Crippen LogP contribution in [0.3, 0.4) is 0 Å². The van der Waals surface area contributed by atoms with Crippen LogP contribution in [0.15, 0.2) is 53.3 Å². The number of aromatic nitrogens is 1. The Morgan fingerprint density at radius 3 is 2.83 bits per heavy atom. The Morgan fingerprint density at radius 2 is 2.17 bits per heavy atom. The molecule has 1 aliphatic heterocycles. The minimum absolute atomic E-state index is 0.242. The van der Waals surface area contributed by atoms with E-state index >= 15 is 0 Å². The van der Waals surface area contributed by atoms with Crippen molar-refractivity contribution in [2.75, 3.05) is 18.5 Å². The maximum absolute atomic E-state index is 5.79. The quantitative estimate of drug-likeness (QED) is 0.753. The molecule has 1 N–H and O–H groups in total. The topological polar surface area (TPSA) is 37.4 Å². The predicted molar refractivity (Wildman–Crippen MR) is 104 cm³/mol. The van der Waals surface area contributed by atoms with Gasteiger partial charge < -0.3 is 15.0 Å². The number of thiocarbonyl (C=S) groups is 1. The Labute approximate surface area is 156 Å². The van der Waals surface area contributed by atoms with Gasteiger partial charge in [-0.3, -0.25) is 4.98 Å². The van der Waals surface area contributed by atoms with Gasteiger partial charge in [-0.2, -0.15) is 0 Å². The van der Waals surface area contributed by atoms with Crippen molar-refractivity contribution < 1.29 is 4.74 Å². The van der Waals surface area contributed by atoms with Gasteiger partial charge in [0.25, 0.3) is 0 Å². The van der Waals surface area contributed by atoms with Gasteiger partial charge in [0.1, 0.15) is 0 Å². The average Bonchev–Trinajstić information content (AvgIpc) is 3.10. The fraction of sp³-hybridized carbons (Fsp3) is 0.333. The van der Waals surface area contributed by atoms with Crippen molar-refractivity contribution in [3.8, 4) is 0 Å². The Bertz CT molecular complexity index is 660. The molecule has 0 aliphatic carbocycles. The zero-order chi connectivity index (χ0) is 16.8. The Morgan fingerprint density at radius 1 is 1.33 bits per heavy atom. The van der Waals surface area contributed by atoms with E-state index in [9.17, 15) is 0 Å². The normalized spacial score (nSPS) is 16.8. The van der Waals surface area contributed by atoms with Crippen molar-refractivity contribution in [1.82, 2.24) is 9.88 Å². The summed E-state index contributed by atoms with van der Waals surface area (Å²) in [5.41, 5.74) is 2.11. The van der Waals surface area contributed by atoms with Gasteiger partial charge in [-0.15, -0.1) is 0 Å². The van der Waals surface area contributed by atoms with Crippen LogP contribution in [0.25, 0.3) is 0 Å². The zero-order valence-electron chi connectivity index (χ0n) is 13.3. The van der Waals surface area contributed by atoms with Crippen LogP contribution in [-0.2, 0) is 11.3 Å². The minimum Gasteiger partial charge on any atom is -0.376 e. The molecule has 1 aliphatic rings. The highest BCUT2D eigenvalue weighted by Crippen LogP contribution is 2.18. The van der Waals surface area contributed by atoms with Gasteiger partial charge in [0.05, 0.1) is 6.10 Å². The van der Waals surface area contributed by atoms with Crippen LogP contribution in [0.4, 0.5) is 5.69 Å². The summed E-state index contributed by atoms with van der Waals surface area (Å²) < 4.78 is 6.83. The SMILES string of the molecule is S=C(Nc1ccc(Br)cc1)N(Cc1cccnc1)CC1CCCO1. The number of nitrogens with one attached hydrogen (secondary N) is 1. The third kappa shape index (κ3) is 5.00. The van der Waals surface area contributed by atoms with Crippen LogP contribution in [0.2, 0.25) is 0 Å². The van der Waals surface area contributed by atoms with Crippen LogP contribution >= 0.6 is 28.1 Å². The van der Waals surface area contributed by atoms with Crippen LogP contribution in [0, 0.1) is 0 Å². The first-order valence-corrected chi connectivity index (χ1v) is 9.23. The molecule has 1 aromatic heterocycles. The molecular weight excluding hydrogens is 386 g/mol. The number of hydrogen-bond donors (Lipinski definition) is 1. The Balaban J connectivity index is 1.69. The van der Waals surface area contributed by atoms with Crippen molar-refractivity contribution in [2.24, 2.45) is 0 Å². The summed E-state index contributed by atoms with van der Waals surface area (Å²) in [6.07, 6.45) is 6.12. The lowest BCUT2D eigenvalue weighted by molar-refractivity contribution is 0.0905. The summed E-state index contributed by atoms with van der Waals surface area (Å²) >= 11 is 9.10. The third-order valence-electron chi connectivity index (χ3n) is 3.93. The van der Waals surface area contributed by atoms with Crippen molar-refractivity contribution in [1.29, 1.82) is 0 Å². The lowest BCUT2D eigenvalue weighted by atomic mass is 10.2. The number of anilines is 1. The molecule has 4 nitrogen and oxygen atoms in total. The summed E-state index contributed by atoms with van der Waals surface area (Å²) in [5.74, 6) is 0. The molecule has 1 atom stereocenters. The molecule has 2 heterocycles. The van der Waals surface area contributed by atoms with Crippen LogP contribution in [-0.4, -0.2) is 34.3 Å². The second-order valence-electron chi connectivity index (χ2n) is 5.81. The van der Waals surface area contributed by atoms with E-state index in [4.69, 9.17) is 17.0 Å². The molecule has 0 spiro atoms. The van der Waals surface area contributed by atoms with E-state index < -0.39 is 0 Å². The molecule has 1 unspecified atom stereocenters. The second-order valence-corrected chi connectivity index (χ2v) is 7.12. The highest BCUT2D eigenvalue weighted by Gasteiger charge is 2.21. The molecular formula is C18H20BrN3OS. The van der Waals surface area contributed by atoms with E-state index in [1.165, 1.54) is 0 Å². The standard InChI is InChI=1S/C18H20BrN3OS/c19-15-5-7-16(8-6-15)21-18(24)22(13-17-4-2-10-23-17)12-14-3-1-9-20-11-14/h1,3,5-9,11,17H,2,4,10,12-13H2,(H,21,24). The third-order valence-corrected chi connectivity index (χ3v) is 4.82. The maximum atomic E-state index is 5.79. The number of benzene rings is 1. The van der Waals surface area contributed by atoms with Crippen LogP contribution < -0.4 is 5.32 Å². The van der Waals surface area contributed by atoms with Crippen LogP contribution in [0.1, 0.15) is 18.4 Å². The van der Waals surface area contributed by atoms with E-state index in [1.807, 2.05) is 36.5 Å². The van der Waals surface area contributed by atoms with Crippen molar-refractivity contribution in [3.63, 3.8) is 0 Å². The molecule has 0 bridgehead atoms. The van der Waals surface area contributed by atoms with E-state index in [1.54, 1.807) is 6.20 Å². The molecule has 0 saturated carbocycles. The predicted octanol–water partition coefficient (Wildman–Crippen LogP) is 4.22. The summed E-state index contributed by atoms with van der Waals surface area (Å²) in [4.78, 5) is 6.35. The largest absolute Gasteiger partial charge is 0.376 e. The fourth-order valence-electron chi connectivity index (χ4n) is 2.70. The molecule has 1 saturated heterocycles. The molecule has 1 aromatic carbocycles. The van der Waals surface area contributed by atoms with Gasteiger partial charge in [-0.1, -0.05) is 22.0 Å². The average molecular weight is 406 g/mol. The highest BCUT2D eigenvalue weighted by molar-refractivity contribution is 9.10. The molecule has 0 amide bonds. The molecule has 2 aromatic rings. The summed E-state index contributed by atoms with van der Waals surface area (Å²) in [6, 6.07) is 12.0. The number of pyridine rings is 1. The molecule has 1 fully saturated rings. The maximum Gasteiger partial charge on any atom is 0.173 e. The van der Waals surface area contributed by atoms with Gasteiger partial charge in [-0.05, 0) is 61.0 Å². The van der Waals surface area contributed by atoms with Gasteiger partial charge in [0, 0.05) is 42.3 Å². The van der Waals surface area contributed by atoms with E-state index in [-0.39, 0.29) is 6.10 Å². The first-order valence-electron chi connectivity index (χ1n) is 8.03. The van der Waals surface area contributed by atoms with E-state index in [2.05, 4.69) is 37.2 Å². The number of halogens is 1. The first-order chi connectivity index (χ1) is 11.7. The number of nitrogens with zero attached hydrogens (tertiary/aromatic N) is 2. The summed E-state index contributed by atoms with van der Waals surface area (Å²) in [5, 5.41) is 4.03. The molecule has 24 heavy (non-hydrogen) atoms. The second kappa shape index (κ2) is 8.55. The van der Waals surface area contributed by atoms with Gasteiger partial charge in [0.2, 0.25) is 0 Å². The fourth-order valence-corrected chi connectivity index (χ4v) is 3.22. The van der Waals surface area contributed by atoms with Crippen molar-refractivity contribution in [2.45, 2.75) is 25.5 Å². The van der Waals surface area contributed by atoms with Crippen LogP contribution in [0.5, 0.6) is 0 Å².